The highest BCUT2D eigenvalue weighted by atomic mass is 16.5. The van der Waals surface area contributed by atoms with Crippen molar-refractivity contribution >= 4 is 17.7 Å². The van der Waals surface area contributed by atoms with E-state index in [-0.39, 0.29) is 18.4 Å². The summed E-state index contributed by atoms with van der Waals surface area (Å²) >= 11 is 0. The number of carbonyl (C=O) groups excluding carboxylic acids is 1. The van der Waals surface area contributed by atoms with Crippen molar-refractivity contribution in [2.45, 2.75) is 13.3 Å². The molecule has 0 fully saturated rings. The lowest BCUT2D eigenvalue weighted by Gasteiger charge is -2.22. The molecule has 0 saturated carbocycles. The van der Waals surface area contributed by atoms with Crippen LogP contribution >= 0.6 is 0 Å². The smallest absolute Gasteiger partial charge is 0.239 e. The Morgan fingerprint density at radius 1 is 1.56 bits per heavy atom. The first kappa shape index (κ1) is 14.0. The fraction of sp³-hybridized carbons (Fsp3) is 0.545. The Morgan fingerprint density at radius 3 is 2.83 bits per heavy atom. The Kier molecular flexibility index (Phi) is 5.16. The van der Waals surface area contributed by atoms with E-state index < -0.39 is 0 Å². The molecule has 0 spiro atoms. The van der Waals surface area contributed by atoms with Gasteiger partial charge in [0, 0.05) is 19.7 Å². The summed E-state index contributed by atoms with van der Waals surface area (Å²) in [5.74, 6) is 1.02. The van der Waals surface area contributed by atoms with Crippen molar-refractivity contribution in [3.05, 3.63) is 6.07 Å². The predicted molar refractivity (Wildman–Crippen MR) is 69.6 cm³/mol. The van der Waals surface area contributed by atoms with E-state index in [1.807, 2.05) is 11.8 Å². The van der Waals surface area contributed by atoms with Crippen LogP contribution in [0.25, 0.3) is 0 Å². The topological polar surface area (TPSA) is 93.4 Å². The van der Waals surface area contributed by atoms with Crippen molar-refractivity contribution in [1.82, 2.24) is 15.3 Å². The van der Waals surface area contributed by atoms with Gasteiger partial charge in [0.2, 0.25) is 17.7 Å². The summed E-state index contributed by atoms with van der Waals surface area (Å²) in [4.78, 5) is 21.3. The van der Waals surface area contributed by atoms with Crippen molar-refractivity contribution in [1.29, 1.82) is 0 Å². The van der Waals surface area contributed by atoms with Gasteiger partial charge in [-0.05, 0) is 6.42 Å². The number of ether oxygens (including phenoxy) is 1. The van der Waals surface area contributed by atoms with Gasteiger partial charge in [0.25, 0.3) is 0 Å². The van der Waals surface area contributed by atoms with Crippen LogP contribution in [0.4, 0.5) is 11.8 Å². The molecule has 0 aromatic carbocycles. The van der Waals surface area contributed by atoms with Gasteiger partial charge in [-0.25, -0.2) is 0 Å². The van der Waals surface area contributed by atoms with Crippen molar-refractivity contribution in [2.75, 3.05) is 37.9 Å². The SMILES string of the molecule is CCCN(CC(=O)NC)c1cc(OC)nc(N)n1. The average molecular weight is 253 g/mol. The van der Waals surface area contributed by atoms with Crippen LogP contribution in [0.5, 0.6) is 5.88 Å². The number of rotatable bonds is 6. The summed E-state index contributed by atoms with van der Waals surface area (Å²) in [6.45, 7) is 2.95. The number of carbonyl (C=O) groups is 1. The van der Waals surface area contributed by atoms with Gasteiger partial charge in [0.1, 0.15) is 5.82 Å². The zero-order valence-corrected chi connectivity index (χ0v) is 10.9. The molecule has 7 nitrogen and oxygen atoms in total. The third-order valence-electron chi connectivity index (χ3n) is 2.35. The summed E-state index contributed by atoms with van der Waals surface area (Å²) in [6.07, 6.45) is 0.892. The number of nitrogen functional groups attached to an aromatic ring is 1. The molecule has 1 rings (SSSR count). The number of nitrogens with zero attached hydrogens (tertiary/aromatic N) is 3. The molecular weight excluding hydrogens is 234 g/mol. The van der Waals surface area contributed by atoms with E-state index in [9.17, 15) is 4.79 Å². The zero-order chi connectivity index (χ0) is 13.5. The van der Waals surface area contributed by atoms with E-state index >= 15 is 0 Å². The Balaban J connectivity index is 2.96. The third kappa shape index (κ3) is 3.76. The first-order valence-electron chi connectivity index (χ1n) is 5.74. The molecule has 0 atom stereocenters. The molecule has 100 valence electrons. The molecule has 0 bridgehead atoms. The Morgan fingerprint density at radius 2 is 2.28 bits per heavy atom. The third-order valence-corrected chi connectivity index (χ3v) is 2.35. The quantitative estimate of drug-likeness (QED) is 0.743. The molecule has 0 aliphatic carbocycles. The molecule has 0 aliphatic heterocycles. The van der Waals surface area contributed by atoms with Crippen molar-refractivity contribution in [3.8, 4) is 5.88 Å². The van der Waals surface area contributed by atoms with Crippen LogP contribution in [0.1, 0.15) is 13.3 Å². The maximum Gasteiger partial charge on any atom is 0.239 e. The van der Waals surface area contributed by atoms with Crippen LogP contribution in [0, 0.1) is 0 Å². The van der Waals surface area contributed by atoms with E-state index in [4.69, 9.17) is 10.5 Å². The van der Waals surface area contributed by atoms with Gasteiger partial charge >= 0.3 is 0 Å². The highest BCUT2D eigenvalue weighted by Gasteiger charge is 2.13. The van der Waals surface area contributed by atoms with Crippen molar-refractivity contribution < 1.29 is 9.53 Å². The minimum atomic E-state index is -0.0837. The number of nitrogens with two attached hydrogens (primary N) is 1. The molecule has 18 heavy (non-hydrogen) atoms. The zero-order valence-electron chi connectivity index (χ0n) is 10.9. The largest absolute Gasteiger partial charge is 0.481 e. The minimum absolute atomic E-state index is 0.0837. The van der Waals surface area contributed by atoms with Crippen LogP contribution in [-0.4, -0.2) is 43.1 Å². The highest BCUT2D eigenvalue weighted by Crippen LogP contribution is 2.18. The lowest BCUT2D eigenvalue weighted by molar-refractivity contribution is -0.119. The van der Waals surface area contributed by atoms with Gasteiger partial charge in [0.05, 0.1) is 13.7 Å². The highest BCUT2D eigenvalue weighted by molar-refractivity contribution is 5.80. The molecule has 0 radical (unpaired) electrons. The number of hydrogen-bond acceptors (Lipinski definition) is 6. The molecular formula is C11H19N5O2. The number of methoxy groups -OCH3 is 1. The molecule has 3 N–H and O–H groups in total. The summed E-state index contributed by atoms with van der Waals surface area (Å²) in [5, 5.41) is 2.58. The summed E-state index contributed by atoms with van der Waals surface area (Å²) < 4.78 is 5.04. The lowest BCUT2D eigenvalue weighted by atomic mass is 10.3. The van der Waals surface area contributed by atoms with Crippen LogP contribution in [0.3, 0.4) is 0 Å². The number of amides is 1. The molecule has 0 unspecified atom stereocenters. The standard InChI is InChI=1S/C11H19N5O2/c1-4-5-16(7-9(17)13-2)8-6-10(18-3)15-11(12)14-8/h6H,4-5,7H2,1-3H3,(H,13,17)(H2,12,14,15). The van der Waals surface area contributed by atoms with Crippen LogP contribution in [0.2, 0.25) is 0 Å². The number of aromatic nitrogens is 2. The second kappa shape index (κ2) is 6.63. The normalized spacial score (nSPS) is 9.94. The first-order chi connectivity index (χ1) is 8.60. The number of hydrogen-bond donors (Lipinski definition) is 2. The Bertz CT molecular complexity index is 410. The van der Waals surface area contributed by atoms with Gasteiger partial charge in [-0.15, -0.1) is 0 Å². The van der Waals surface area contributed by atoms with Crippen LogP contribution in [-0.2, 0) is 4.79 Å². The molecule has 1 heterocycles. The van der Waals surface area contributed by atoms with Crippen molar-refractivity contribution in [3.63, 3.8) is 0 Å². The molecule has 1 aromatic heterocycles. The Hall–Kier alpha value is -2.05. The number of anilines is 2. The fourth-order valence-corrected chi connectivity index (χ4v) is 1.49. The summed E-state index contributed by atoms with van der Waals surface area (Å²) in [7, 11) is 3.11. The van der Waals surface area contributed by atoms with E-state index in [1.54, 1.807) is 13.1 Å². The molecule has 0 aliphatic rings. The second-order valence-electron chi connectivity index (χ2n) is 3.72. The monoisotopic (exact) mass is 253 g/mol. The lowest BCUT2D eigenvalue weighted by Crippen LogP contribution is -2.36. The fourth-order valence-electron chi connectivity index (χ4n) is 1.49. The summed E-state index contributed by atoms with van der Waals surface area (Å²) in [6, 6.07) is 1.66. The molecule has 0 saturated heterocycles. The van der Waals surface area contributed by atoms with E-state index in [0.717, 1.165) is 6.42 Å². The second-order valence-corrected chi connectivity index (χ2v) is 3.72. The summed E-state index contributed by atoms with van der Waals surface area (Å²) in [5.41, 5.74) is 5.60. The average Bonchev–Trinajstić information content (AvgIpc) is 2.37. The van der Waals surface area contributed by atoms with Gasteiger partial charge in [0.15, 0.2) is 0 Å². The number of nitrogens with one attached hydrogen (secondary N) is 1. The maximum atomic E-state index is 11.5. The van der Waals surface area contributed by atoms with Gasteiger partial charge in [-0.3, -0.25) is 4.79 Å². The van der Waals surface area contributed by atoms with Crippen LogP contribution < -0.4 is 20.7 Å². The first-order valence-corrected chi connectivity index (χ1v) is 5.74. The Labute approximate surface area is 106 Å². The maximum absolute atomic E-state index is 11.5. The number of likely N-dealkylation sites (N-methyl/N-ethyl adjacent to an activating group) is 1. The van der Waals surface area contributed by atoms with Gasteiger partial charge in [-0.2, -0.15) is 9.97 Å². The van der Waals surface area contributed by atoms with Crippen LogP contribution in [0.15, 0.2) is 6.07 Å². The molecule has 7 heteroatoms. The van der Waals surface area contributed by atoms with E-state index in [2.05, 4.69) is 15.3 Å². The van der Waals surface area contributed by atoms with E-state index in [0.29, 0.717) is 18.2 Å². The molecule has 1 amide bonds. The van der Waals surface area contributed by atoms with Gasteiger partial charge < -0.3 is 20.7 Å². The minimum Gasteiger partial charge on any atom is -0.481 e. The van der Waals surface area contributed by atoms with E-state index in [1.165, 1.54) is 7.11 Å². The molecule has 1 aromatic rings. The van der Waals surface area contributed by atoms with Gasteiger partial charge in [-0.1, -0.05) is 6.92 Å². The predicted octanol–water partition coefficient (Wildman–Crippen LogP) is 0.0298. The van der Waals surface area contributed by atoms with Crippen molar-refractivity contribution in [2.24, 2.45) is 0 Å².